The van der Waals surface area contributed by atoms with Gasteiger partial charge in [0, 0.05) is 5.92 Å². The maximum Gasteiger partial charge on any atom is 0.232 e. The Kier molecular flexibility index (Phi) is 3.22. The van der Waals surface area contributed by atoms with Crippen molar-refractivity contribution >= 4 is 5.91 Å². The van der Waals surface area contributed by atoms with E-state index in [-0.39, 0.29) is 5.91 Å². The molecule has 0 aromatic heterocycles. The molecule has 0 bridgehead atoms. The Morgan fingerprint density at radius 3 is 2.90 bits per heavy atom. The molecule has 104 valence electrons. The number of primary amides is 1. The normalized spacial score (nSPS) is 26.9. The zero-order valence-corrected chi connectivity index (χ0v) is 11.5. The molecule has 3 heteroatoms. The Morgan fingerprint density at radius 2 is 2.15 bits per heavy atom. The molecule has 0 aliphatic heterocycles. The zero-order chi connectivity index (χ0) is 14.2. The van der Waals surface area contributed by atoms with Crippen molar-refractivity contribution in [1.29, 1.82) is 0 Å². The molecule has 2 atom stereocenters. The van der Waals surface area contributed by atoms with Gasteiger partial charge in [-0.2, -0.15) is 0 Å². The minimum absolute atomic E-state index is 0.248. The molecular weight excluding hydrogens is 248 g/mol. The molecule has 4 N–H and O–H groups in total. The van der Waals surface area contributed by atoms with Crippen molar-refractivity contribution in [3.05, 3.63) is 59.2 Å². The van der Waals surface area contributed by atoms with E-state index in [2.05, 4.69) is 24.3 Å². The smallest absolute Gasteiger partial charge is 0.232 e. The van der Waals surface area contributed by atoms with Crippen LogP contribution < -0.4 is 11.5 Å². The summed E-state index contributed by atoms with van der Waals surface area (Å²) >= 11 is 0. The lowest BCUT2D eigenvalue weighted by atomic mass is 9.72. The molecular formula is C17H20N2O. The summed E-state index contributed by atoms with van der Waals surface area (Å²) in [6.07, 6.45) is 8.72. The first-order chi connectivity index (χ1) is 9.71. The van der Waals surface area contributed by atoms with Crippen molar-refractivity contribution in [2.24, 2.45) is 11.5 Å². The highest BCUT2D eigenvalue weighted by Gasteiger charge is 2.51. The highest BCUT2D eigenvalue weighted by atomic mass is 16.1. The zero-order valence-electron chi connectivity index (χ0n) is 11.5. The summed E-state index contributed by atoms with van der Waals surface area (Å²) in [6, 6.07) is 8.20. The first kappa shape index (κ1) is 13.1. The first-order valence-corrected chi connectivity index (χ1v) is 7.18. The van der Waals surface area contributed by atoms with Gasteiger partial charge >= 0.3 is 0 Å². The Balaban J connectivity index is 2.21. The van der Waals surface area contributed by atoms with Crippen LogP contribution in [0.15, 0.2) is 48.1 Å². The molecule has 1 aromatic rings. The highest BCUT2D eigenvalue weighted by molar-refractivity contribution is 5.93. The molecule has 3 rings (SSSR count). The fraction of sp³-hybridized carbons (Fsp3) is 0.353. The molecule has 3 nitrogen and oxygen atoms in total. The summed E-state index contributed by atoms with van der Waals surface area (Å²) in [5, 5.41) is 0. The van der Waals surface area contributed by atoms with Crippen LogP contribution in [0.2, 0.25) is 0 Å². The highest BCUT2D eigenvalue weighted by Crippen LogP contribution is 2.54. The molecule has 0 radical (unpaired) electrons. The number of hydrogen-bond donors (Lipinski definition) is 2. The summed E-state index contributed by atoms with van der Waals surface area (Å²) in [7, 11) is 0. The SMILES string of the molecule is NCCCC1(C(N)=O)C2=CC=CCC2c2ccccc21. The number of nitrogens with two attached hydrogens (primary N) is 2. The van der Waals surface area contributed by atoms with Crippen LogP contribution in [0.1, 0.15) is 36.3 Å². The van der Waals surface area contributed by atoms with E-state index < -0.39 is 5.41 Å². The van der Waals surface area contributed by atoms with Crippen LogP contribution in [0.25, 0.3) is 0 Å². The van der Waals surface area contributed by atoms with Gasteiger partial charge in [0.2, 0.25) is 5.91 Å². The van der Waals surface area contributed by atoms with Crippen molar-refractivity contribution in [2.45, 2.75) is 30.6 Å². The van der Waals surface area contributed by atoms with Crippen LogP contribution in [-0.2, 0) is 10.2 Å². The van der Waals surface area contributed by atoms with Gasteiger partial charge in [-0.25, -0.2) is 0 Å². The van der Waals surface area contributed by atoms with E-state index in [4.69, 9.17) is 11.5 Å². The molecule has 2 aliphatic rings. The second-order valence-electron chi connectivity index (χ2n) is 5.59. The predicted molar refractivity (Wildman–Crippen MR) is 80.2 cm³/mol. The molecule has 0 spiro atoms. The fourth-order valence-electron chi connectivity index (χ4n) is 3.75. The van der Waals surface area contributed by atoms with Crippen LogP contribution in [0.5, 0.6) is 0 Å². The van der Waals surface area contributed by atoms with Gasteiger partial charge in [-0.3, -0.25) is 4.79 Å². The quantitative estimate of drug-likeness (QED) is 0.878. The number of fused-ring (bicyclic) bond motifs is 3. The van der Waals surface area contributed by atoms with E-state index in [1.54, 1.807) is 0 Å². The average Bonchev–Trinajstić information content (AvgIpc) is 2.77. The second-order valence-corrected chi connectivity index (χ2v) is 5.59. The average molecular weight is 268 g/mol. The molecule has 2 aliphatic carbocycles. The van der Waals surface area contributed by atoms with Crippen LogP contribution in [0.3, 0.4) is 0 Å². The molecule has 0 heterocycles. The summed E-state index contributed by atoms with van der Waals surface area (Å²) in [5.74, 6) is 0.0453. The lowest BCUT2D eigenvalue weighted by Gasteiger charge is -2.31. The molecule has 0 saturated heterocycles. The molecule has 1 amide bonds. The van der Waals surface area contributed by atoms with Crippen molar-refractivity contribution in [2.75, 3.05) is 6.54 Å². The number of amides is 1. The third-order valence-corrected chi connectivity index (χ3v) is 4.62. The third-order valence-electron chi connectivity index (χ3n) is 4.62. The number of allylic oxidation sites excluding steroid dienone is 3. The Hall–Kier alpha value is -1.87. The molecule has 0 saturated carbocycles. The van der Waals surface area contributed by atoms with Gasteiger partial charge in [-0.1, -0.05) is 42.5 Å². The van der Waals surface area contributed by atoms with E-state index in [9.17, 15) is 4.79 Å². The van der Waals surface area contributed by atoms with E-state index >= 15 is 0 Å². The van der Waals surface area contributed by atoms with Crippen molar-refractivity contribution in [3.8, 4) is 0 Å². The van der Waals surface area contributed by atoms with Gasteiger partial charge in [0.05, 0.1) is 5.41 Å². The number of benzene rings is 1. The van der Waals surface area contributed by atoms with Crippen LogP contribution in [-0.4, -0.2) is 12.5 Å². The van der Waals surface area contributed by atoms with Gasteiger partial charge in [-0.05, 0) is 42.5 Å². The van der Waals surface area contributed by atoms with E-state index in [1.165, 1.54) is 5.56 Å². The molecule has 0 fully saturated rings. The summed E-state index contributed by atoms with van der Waals surface area (Å²) < 4.78 is 0. The molecule has 2 unspecified atom stereocenters. The maximum atomic E-state index is 12.4. The minimum atomic E-state index is -0.661. The first-order valence-electron chi connectivity index (χ1n) is 7.18. The number of rotatable bonds is 4. The Labute approximate surface area is 119 Å². The Bertz CT molecular complexity index is 603. The summed E-state index contributed by atoms with van der Waals surface area (Å²) in [4.78, 5) is 12.4. The second kappa shape index (κ2) is 4.91. The van der Waals surface area contributed by atoms with Crippen LogP contribution in [0, 0.1) is 0 Å². The topological polar surface area (TPSA) is 69.1 Å². The summed E-state index contributed by atoms with van der Waals surface area (Å²) in [6.45, 7) is 0.574. The molecule has 1 aromatic carbocycles. The summed E-state index contributed by atoms with van der Waals surface area (Å²) in [5.41, 5.74) is 14.3. The largest absolute Gasteiger partial charge is 0.369 e. The third kappa shape index (κ3) is 1.66. The van der Waals surface area contributed by atoms with E-state index in [0.29, 0.717) is 18.9 Å². The van der Waals surface area contributed by atoms with Gasteiger partial charge in [0.15, 0.2) is 0 Å². The van der Waals surface area contributed by atoms with Crippen LogP contribution in [0.4, 0.5) is 0 Å². The van der Waals surface area contributed by atoms with Crippen molar-refractivity contribution in [3.63, 3.8) is 0 Å². The predicted octanol–water partition coefficient (Wildman–Crippen LogP) is 2.13. The number of carbonyl (C=O) groups is 1. The standard InChI is InChI=1S/C17H20N2O/c18-11-5-10-17(16(19)20)14-8-3-1-6-12(14)13-7-2-4-9-15(13)17/h1-4,6,8-9,13H,5,7,10-11,18H2,(H2,19,20). The molecule has 20 heavy (non-hydrogen) atoms. The van der Waals surface area contributed by atoms with Gasteiger partial charge in [0.1, 0.15) is 0 Å². The maximum absolute atomic E-state index is 12.4. The number of carbonyl (C=O) groups excluding carboxylic acids is 1. The number of hydrogen-bond acceptors (Lipinski definition) is 2. The van der Waals surface area contributed by atoms with Gasteiger partial charge in [-0.15, -0.1) is 0 Å². The monoisotopic (exact) mass is 268 g/mol. The van der Waals surface area contributed by atoms with E-state index in [1.807, 2.05) is 18.2 Å². The van der Waals surface area contributed by atoms with Crippen LogP contribution >= 0.6 is 0 Å². The van der Waals surface area contributed by atoms with Gasteiger partial charge < -0.3 is 11.5 Å². The minimum Gasteiger partial charge on any atom is -0.369 e. The lowest BCUT2D eigenvalue weighted by Crippen LogP contribution is -2.41. The van der Waals surface area contributed by atoms with Crippen molar-refractivity contribution in [1.82, 2.24) is 0 Å². The fourth-order valence-corrected chi connectivity index (χ4v) is 3.75. The lowest BCUT2D eigenvalue weighted by molar-refractivity contribution is -0.122. The Morgan fingerprint density at radius 1 is 1.35 bits per heavy atom. The van der Waals surface area contributed by atoms with Gasteiger partial charge in [0.25, 0.3) is 0 Å². The van der Waals surface area contributed by atoms with Crippen molar-refractivity contribution < 1.29 is 4.79 Å². The van der Waals surface area contributed by atoms with E-state index in [0.717, 1.165) is 24.0 Å².